The summed E-state index contributed by atoms with van der Waals surface area (Å²) in [5, 5.41) is 6.14. The minimum absolute atomic E-state index is 0.139. The number of thiazole rings is 1. The predicted molar refractivity (Wildman–Crippen MR) is 68.0 cm³/mol. The van der Waals surface area contributed by atoms with Gasteiger partial charge in [-0.15, -0.1) is 11.3 Å². The lowest BCUT2D eigenvalue weighted by Crippen LogP contribution is -2.49. The van der Waals surface area contributed by atoms with Gasteiger partial charge in [0.1, 0.15) is 5.01 Å². The Morgan fingerprint density at radius 1 is 1.32 bits per heavy atom. The molecule has 3 rings (SSSR count). The molecule has 2 fully saturated rings. The van der Waals surface area contributed by atoms with Crippen LogP contribution in [0.4, 0.5) is 13.2 Å². The third kappa shape index (κ3) is 2.79. The maximum absolute atomic E-state index is 13.0. The second-order valence-corrected chi connectivity index (χ2v) is 6.57. The standard InChI is InChI=1S/C13H17F3N2S/c14-13(15,16)9-2-1-5-12(8-9,18-10-3-4-10)11-17-6-7-19-11/h6-7,9-10,18H,1-5,8H2. The first kappa shape index (κ1) is 13.4. The van der Waals surface area contributed by atoms with Crippen LogP contribution in [-0.2, 0) is 5.54 Å². The Bertz CT molecular complexity index is 428. The summed E-state index contributed by atoms with van der Waals surface area (Å²) in [6, 6.07) is 0.385. The van der Waals surface area contributed by atoms with E-state index in [0.717, 1.165) is 24.3 Å². The van der Waals surface area contributed by atoms with E-state index in [4.69, 9.17) is 0 Å². The topological polar surface area (TPSA) is 24.9 Å². The van der Waals surface area contributed by atoms with Gasteiger partial charge in [0, 0.05) is 17.6 Å². The van der Waals surface area contributed by atoms with E-state index in [9.17, 15) is 13.2 Å². The monoisotopic (exact) mass is 290 g/mol. The van der Waals surface area contributed by atoms with Crippen LogP contribution in [-0.4, -0.2) is 17.2 Å². The maximum Gasteiger partial charge on any atom is 0.391 e. The van der Waals surface area contributed by atoms with Gasteiger partial charge in [-0.2, -0.15) is 13.2 Å². The van der Waals surface area contributed by atoms with Gasteiger partial charge in [0.05, 0.1) is 11.5 Å². The van der Waals surface area contributed by atoms with Gasteiger partial charge in [-0.3, -0.25) is 0 Å². The van der Waals surface area contributed by atoms with E-state index in [1.807, 2.05) is 5.38 Å². The highest BCUT2D eigenvalue weighted by Gasteiger charge is 2.50. The van der Waals surface area contributed by atoms with Crippen LogP contribution in [0.5, 0.6) is 0 Å². The van der Waals surface area contributed by atoms with Crippen LogP contribution in [0.1, 0.15) is 43.5 Å². The number of rotatable bonds is 3. The smallest absolute Gasteiger partial charge is 0.303 e. The molecule has 106 valence electrons. The van der Waals surface area contributed by atoms with E-state index in [-0.39, 0.29) is 12.8 Å². The molecular formula is C13H17F3N2S. The molecule has 0 bridgehead atoms. The minimum atomic E-state index is -4.09. The van der Waals surface area contributed by atoms with Crippen molar-refractivity contribution in [2.45, 2.75) is 56.3 Å². The van der Waals surface area contributed by atoms with Crippen LogP contribution >= 0.6 is 11.3 Å². The molecule has 2 unspecified atom stereocenters. The highest BCUT2D eigenvalue weighted by atomic mass is 32.1. The van der Waals surface area contributed by atoms with Gasteiger partial charge in [-0.1, -0.05) is 6.42 Å². The fourth-order valence-corrected chi connectivity index (χ4v) is 3.86. The second-order valence-electron chi connectivity index (χ2n) is 5.67. The summed E-state index contributed by atoms with van der Waals surface area (Å²) in [7, 11) is 0. The zero-order valence-electron chi connectivity index (χ0n) is 10.5. The number of nitrogens with zero attached hydrogens (tertiary/aromatic N) is 1. The quantitative estimate of drug-likeness (QED) is 0.915. The summed E-state index contributed by atoms with van der Waals surface area (Å²) in [5.74, 6) is -1.20. The van der Waals surface area contributed by atoms with Gasteiger partial charge in [0.25, 0.3) is 0 Å². The first-order valence-corrected chi connectivity index (χ1v) is 7.62. The van der Waals surface area contributed by atoms with E-state index in [2.05, 4.69) is 10.3 Å². The number of hydrogen-bond acceptors (Lipinski definition) is 3. The molecule has 2 aliphatic carbocycles. The van der Waals surface area contributed by atoms with Gasteiger partial charge in [-0.25, -0.2) is 4.98 Å². The molecule has 2 saturated carbocycles. The first-order chi connectivity index (χ1) is 9.00. The SMILES string of the molecule is FC(F)(F)C1CCCC(NC2CC2)(c2nccs2)C1. The summed E-state index contributed by atoms with van der Waals surface area (Å²) in [4.78, 5) is 4.30. The van der Waals surface area contributed by atoms with Crippen molar-refractivity contribution in [2.75, 3.05) is 0 Å². The molecular weight excluding hydrogens is 273 g/mol. The molecule has 0 aliphatic heterocycles. The molecule has 0 amide bonds. The highest BCUT2D eigenvalue weighted by molar-refractivity contribution is 7.09. The van der Waals surface area contributed by atoms with Crippen molar-refractivity contribution in [3.05, 3.63) is 16.6 Å². The summed E-state index contributed by atoms with van der Waals surface area (Å²) < 4.78 is 39.1. The second kappa shape index (κ2) is 4.74. The summed E-state index contributed by atoms with van der Waals surface area (Å²) in [6.07, 6.45) is 1.52. The van der Waals surface area contributed by atoms with Crippen molar-refractivity contribution < 1.29 is 13.2 Å². The zero-order chi connectivity index (χ0) is 13.5. The lowest BCUT2D eigenvalue weighted by molar-refractivity contribution is -0.189. The third-order valence-electron chi connectivity index (χ3n) is 4.11. The normalized spacial score (nSPS) is 32.5. The van der Waals surface area contributed by atoms with Crippen LogP contribution in [0.15, 0.2) is 11.6 Å². The Balaban J connectivity index is 1.86. The van der Waals surface area contributed by atoms with Crippen molar-refractivity contribution in [2.24, 2.45) is 5.92 Å². The molecule has 2 atom stereocenters. The highest BCUT2D eigenvalue weighted by Crippen LogP contribution is 2.47. The van der Waals surface area contributed by atoms with E-state index in [0.29, 0.717) is 12.5 Å². The fraction of sp³-hybridized carbons (Fsp3) is 0.769. The van der Waals surface area contributed by atoms with Gasteiger partial charge < -0.3 is 5.32 Å². The van der Waals surface area contributed by atoms with Crippen molar-refractivity contribution in [1.29, 1.82) is 0 Å². The van der Waals surface area contributed by atoms with Crippen LogP contribution in [0.2, 0.25) is 0 Å². The van der Waals surface area contributed by atoms with Crippen molar-refractivity contribution >= 4 is 11.3 Å². The van der Waals surface area contributed by atoms with Crippen molar-refractivity contribution in [3.63, 3.8) is 0 Å². The van der Waals surface area contributed by atoms with Gasteiger partial charge in [-0.05, 0) is 32.1 Å². The first-order valence-electron chi connectivity index (χ1n) is 6.74. The molecule has 0 aromatic carbocycles. The predicted octanol–water partition coefficient (Wildman–Crippen LogP) is 3.84. The number of nitrogens with one attached hydrogen (secondary N) is 1. The van der Waals surface area contributed by atoms with E-state index >= 15 is 0 Å². The molecule has 0 spiro atoms. The van der Waals surface area contributed by atoms with Crippen LogP contribution < -0.4 is 5.32 Å². The lowest BCUT2D eigenvalue weighted by atomic mass is 9.75. The van der Waals surface area contributed by atoms with E-state index in [1.165, 1.54) is 11.3 Å². The molecule has 1 heterocycles. The van der Waals surface area contributed by atoms with Crippen LogP contribution in [0, 0.1) is 5.92 Å². The average molecular weight is 290 g/mol. The van der Waals surface area contributed by atoms with Crippen LogP contribution in [0.3, 0.4) is 0 Å². The molecule has 19 heavy (non-hydrogen) atoms. The van der Waals surface area contributed by atoms with Gasteiger partial charge >= 0.3 is 6.18 Å². The number of halogens is 3. The summed E-state index contributed by atoms with van der Waals surface area (Å²) in [6.45, 7) is 0. The van der Waals surface area contributed by atoms with E-state index < -0.39 is 17.6 Å². The van der Waals surface area contributed by atoms with Gasteiger partial charge in [0.15, 0.2) is 0 Å². The van der Waals surface area contributed by atoms with E-state index in [1.54, 1.807) is 6.20 Å². The number of aromatic nitrogens is 1. The van der Waals surface area contributed by atoms with Crippen molar-refractivity contribution in [3.8, 4) is 0 Å². The third-order valence-corrected chi connectivity index (χ3v) is 5.09. The molecule has 6 heteroatoms. The van der Waals surface area contributed by atoms with Crippen molar-refractivity contribution in [1.82, 2.24) is 10.3 Å². The average Bonchev–Trinajstić information content (AvgIpc) is 2.98. The largest absolute Gasteiger partial charge is 0.391 e. The summed E-state index contributed by atoms with van der Waals surface area (Å²) >= 11 is 1.47. The molecule has 2 aliphatic rings. The van der Waals surface area contributed by atoms with Gasteiger partial charge in [0.2, 0.25) is 0 Å². The maximum atomic E-state index is 13.0. The Kier molecular flexibility index (Phi) is 3.33. The zero-order valence-corrected chi connectivity index (χ0v) is 11.4. The Morgan fingerprint density at radius 2 is 2.11 bits per heavy atom. The van der Waals surface area contributed by atoms with Crippen LogP contribution in [0.25, 0.3) is 0 Å². The lowest BCUT2D eigenvalue weighted by Gasteiger charge is -2.41. The Labute approximate surface area is 114 Å². The Morgan fingerprint density at radius 3 is 2.68 bits per heavy atom. The number of alkyl halides is 3. The molecule has 1 aromatic heterocycles. The number of hydrogen-bond donors (Lipinski definition) is 1. The minimum Gasteiger partial charge on any atom is -0.303 e. The molecule has 0 radical (unpaired) electrons. The Hall–Kier alpha value is -0.620. The molecule has 1 N–H and O–H groups in total. The summed E-state index contributed by atoms with van der Waals surface area (Å²) in [5.41, 5.74) is -0.548. The molecule has 0 saturated heterocycles. The molecule has 1 aromatic rings. The molecule has 2 nitrogen and oxygen atoms in total. The fourth-order valence-electron chi connectivity index (χ4n) is 3.02.